The summed E-state index contributed by atoms with van der Waals surface area (Å²) in [6.45, 7) is 0. The Morgan fingerprint density at radius 3 is 2.55 bits per heavy atom. The van der Waals surface area contributed by atoms with E-state index < -0.39 is 10.8 Å². The summed E-state index contributed by atoms with van der Waals surface area (Å²) >= 11 is 6.23. The third kappa shape index (κ3) is 4.61. The number of carbonyl (C=O) groups excluding carboxylic acids is 1. The second kappa shape index (κ2) is 8.41. The van der Waals surface area contributed by atoms with Crippen LogP contribution in [0.4, 0.5) is 11.4 Å². The van der Waals surface area contributed by atoms with Crippen molar-refractivity contribution in [3.63, 3.8) is 0 Å². The van der Waals surface area contributed by atoms with Gasteiger partial charge >= 0.3 is 0 Å². The van der Waals surface area contributed by atoms with Crippen LogP contribution in [0.15, 0.2) is 52.5 Å². The minimum Gasteiger partial charge on any atom is -0.507 e. The van der Waals surface area contributed by atoms with Crippen molar-refractivity contribution in [2.45, 2.75) is 0 Å². The maximum atomic E-state index is 12.6. The van der Waals surface area contributed by atoms with Gasteiger partial charge in [-0.15, -0.1) is 0 Å². The van der Waals surface area contributed by atoms with E-state index in [0.29, 0.717) is 0 Å². The molecule has 1 saturated heterocycles. The maximum absolute atomic E-state index is 12.6. The summed E-state index contributed by atoms with van der Waals surface area (Å²) in [5.41, 5.74) is 1.80. The number of non-ortho nitro benzene ring substituents is 1. The number of benzene rings is 2. The molecule has 0 saturated carbocycles. The monoisotopic (exact) mass is 428 g/mol. The molecule has 1 aliphatic rings. The van der Waals surface area contributed by atoms with Crippen molar-refractivity contribution in [3.05, 3.63) is 68.6 Å². The number of thiocarbonyl (C=S) groups is 1. The van der Waals surface area contributed by atoms with Gasteiger partial charge in [-0.05, 0) is 42.1 Å². The van der Waals surface area contributed by atoms with Crippen LogP contribution in [0.1, 0.15) is 11.1 Å². The molecule has 10 heteroatoms. The van der Waals surface area contributed by atoms with E-state index >= 15 is 0 Å². The van der Waals surface area contributed by atoms with Crippen LogP contribution >= 0.6 is 24.0 Å². The number of hydrogen-bond donors (Lipinski definition) is 1. The summed E-state index contributed by atoms with van der Waals surface area (Å²) in [6, 6.07) is 11.2. The quantitative estimate of drug-likeness (QED) is 0.255. The molecule has 148 valence electrons. The SMILES string of the molecule is CN(C)c1ccc(C=NN2C(=O)C(=Cc3cc([N+](=O)[O-])ccc3O)SC2=S)cc1. The third-order valence-electron chi connectivity index (χ3n) is 4.01. The zero-order valence-electron chi connectivity index (χ0n) is 15.5. The standard InChI is InChI=1S/C19H16N4O4S2/c1-21(2)14-5-3-12(4-6-14)11-20-22-18(25)17(29-19(22)28)10-13-9-15(23(26)27)7-8-16(13)24/h3-11,24H,1-2H3. The van der Waals surface area contributed by atoms with Crippen molar-refractivity contribution in [2.24, 2.45) is 5.10 Å². The van der Waals surface area contributed by atoms with Gasteiger partial charge in [0.05, 0.1) is 16.0 Å². The molecule has 3 rings (SSSR count). The molecule has 0 bridgehead atoms. The summed E-state index contributed by atoms with van der Waals surface area (Å²) in [7, 11) is 3.88. The molecule has 29 heavy (non-hydrogen) atoms. The smallest absolute Gasteiger partial charge is 0.286 e. The van der Waals surface area contributed by atoms with Gasteiger partial charge < -0.3 is 10.0 Å². The Bertz CT molecular complexity index is 1050. The molecule has 1 fully saturated rings. The summed E-state index contributed by atoms with van der Waals surface area (Å²) in [5.74, 6) is -0.641. The van der Waals surface area contributed by atoms with Crippen molar-refractivity contribution in [2.75, 3.05) is 19.0 Å². The molecule has 0 aliphatic carbocycles. The highest BCUT2D eigenvalue weighted by atomic mass is 32.2. The molecule has 1 heterocycles. The summed E-state index contributed by atoms with van der Waals surface area (Å²) in [5, 5.41) is 26.1. The zero-order chi connectivity index (χ0) is 21.1. The Balaban J connectivity index is 1.82. The van der Waals surface area contributed by atoms with Gasteiger partial charge in [0, 0.05) is 37.5 Å². The number of phenols is 1. The zero-order valence-corrected chi connectivity index (χ0v) is 17.1. The van der Waals surface area contributed by atoms with Crippen molar-refractivity contribution in [1.29, 1.82) is 0 Å². The average Bonchev–Trinajstić information content (AvgIpc) is 2.95. The van der Waals surface area contributed by atoms with Gasteiger partial charge in [-0.2, -0.15) is 10.1 Å². The lowest BCUT2D eigenvalue weighted by atomic mass is 10.1. The Morgan fingerprint density at radius 2 is 1.93 bits per heavy atom. The maximum Gasteiger partial charge on any atom is 0.286 e. The molecule has 0 spiro atoms. The first kappa shape index (κ1) is 20.5. The Labute approximate surface area is 176 Å². The molecule has 0 aromatic heterocycles. The van der Waals surface area contributed by atoms with Crippen molar-refractivity contribution < 1.29 is 14.8 Å². The van der Waals surface area contributed by atoms with Gasteiger partial charge in [0.2, 0.25) is 0 Å². The molecule has 2 aromatic carbocycles. The fraction of sp³-hybridized carbons (Fsp3) is 0.105. The summed E-state index contributed by atoms with van der Waals surface area (Å²) in [6.07, 6.45) is 2.89. The number of nitrogens with zero attached hydrogens (tertiary/aromatic N) is 4. The molecule has 1 amide bonds. The van der Waals surface area contributed by atoms with Gasteiger partial charge in [0.15, 0.2) is 4.32 Å². The van der Waals surface area contributed by atoms with Gasteiger partial charge in [-0.3, -0.25) is 14.9 Å². The third-order valence-corrected chi connectivity index (χ3v) is 5.30. The number of rotatable bonds is 5. The number of amides is 1. The second-order valence-corrected chi connectivity index (χ2v) is 7.90. The van der Waals surface area contributed by atoms with E-state index in [1.807, 2.05) is 43.3 Å². The highest BCUT2D eigenvalue weighted by Crippen LogP contribution is 2.35. The van der Waals surface area contributed by atoms with Crippen molar-refractivity contribution in [3.8, 4) is 5.75 Å². The van der Waals surface area contributed by atoms with Crippen LogP contribution in [0, 0.1) is 10.1 Å². The Morgan fingerprint density at radius 1 is 1.24 bits per heavy atom. The molecule has 0 radical (unpaired) electrons. The molecule has 2 aromatic rings. The Hall–Kier alpha value is -3.24. The van der Waals surface area contributed by atoms with E-state index in [-0.39, 0.29) is 26.2 Å². The molecule has 8 nitrogen and oxygen atoms in total. The van der Waals surface area contributed by atoms with Crippen molar-refractivity contribution >= 4 is 57.9 Å². The van der Waals surface area contributed by atoms with Crippen LogP contribution in [-0.2, 0) is 4.79 Å². The predicted molar refractivity (Wildman–Crippen MR) is 118 cm³/mol. The minimum absolute atomic E-state index is 0.156. The summed E-state index contributed by atoms with van der Waals surface area (Å²) in [4.78, 5) is 25.2. The molecule has 1 aliphatic heterocycles. The van der Waals surface area contributed by atoms with Gasteiger partial charge in [-0.25, -0.2) is 0 Å². The minimum atomic E-state index is -0.576. The number of thioether (sulfide) groups is 1. The van der Waals surface area contributed by atoms with Crippen molar-refractivity contribution in [1.82, 2.24) is 5.01 Å². The largest absolute Gasteiger partial charge is 0.507 e. The number of hydrazone groups is 1. The number of aromatic hydroxyl groups is 1. The number of hydrogen-bond acceptors (Lipinski definition) is 8. The lowest BCUT2D eigenvalue weighted by Crippen LogP contribution is -2.22. The van der Waals surface area contributed by atoms with Gasteiger partial charge in [-0.1, -0.05) is 23.9 Å². The average molecular weight is 428 g/mol. The first-order valence-electron chi connectivity index (χ1n) is 8.33. The first-order valence-corrected chi connectivity index (χ1v) is 9.55. The van der Waals surface area contributed by atoms with Crippen LogP contribution < -0.4 is 4.90 Å². The molecule has 1 N–H and O–H groups in total. The van der Waals surface area contributed by atoms with E-state index in [1.54, 1.807) is 0 Å². The fourth-order valence-corrected chi connectivity index (χ4v) is 3.62. The first-order chi connectivity index (χ1) is 13.8. The number of phenolic OH excluding ortho intramolecular Hbond substituents is 1. The predicted octanol–water partition coefficient (Wildman–Crippen LogP) is 3.60. The van der Waals surface area contributed by atoms with Crippen LogP contribution in [0.25, 0.3) is 6.08 Å². The normalized spacial score (nSPS) is 15.5. The number of nitro groups is 1. The molecular formula is C19H16N4O4S2. The number of carbonyl (C=O) groups is 1. The molecule has 0 unspecified atom stereocenters. The molecular weight excluding hydrogens is 412 g/mol. The second-order valence-electron chi connectivity index (χ2n) is 6.22. The van der Waals surface area contributed by atoms with E-state index in [1.165, 1.54) is 30.5 Å². The van der Waals surface area contributed by atoms with Crippen LogP contribution in [0.2, 0.25) is 0 Å². The van der Waals surface area contributed by atoms with E-state index in [4.69, 9.17) is 12.2 Å². The highest BCUT2D eigenvalue weighted by Gasteiger charge is 2.32. The fourth-order valence-electron chi connectivity index (χ4n) is 2.45. The Kier molecular flexibility index (Phi) is 5.95. The van der Waals surface area contributed by atoms with Crippen LogP contribution in [0.3, 0.4) is 0 Å². The van der Waals surface area contributed by atoms with E-state index in [2.05, 4.69) is 5.10 Å². The summed E-state index contributed by atoms with van der Waals surface area (Å²) < 4.78 is 0.229. The van der Waals surface area contributed by atoms with Crippen LogP contribution in [0.5, 0.6) is 5.75 Å². The van der Waals surface area contributed by atoms with E-state index in [0.717, 1.165) is 28.0 Å². The highest BCUT2D eigenvalue weighted by molar-refractivity contribution is 8.26. The number of nitro benzene ring substituents is 1. The van der Waals surface area contributed by atoms with Gasteiger partial charge in [0.25, 0.3) is 11.6 Å². The molecule has 0 atom stereocenters. The van der Waals surface area contributed by atoms with E-state index in [9.17, 15) is 20.0 Å². The topological polar surface area (TPSA) is 99.3 Å². The lowest BCUT2D eigenvalue weighted by molar-refractivity contribution is -0.384. The van der Waals surface area contributed by atoms with Crippen LogP contribution in [-0.4, -0.2) is 45.6 Å². The number of anilines is 1. The van der Waals surface area contributed by atoms with Gasteiger partial charge in [0.1, 0.15) is 5.75 Å². The lowest BCUT2D eigenvalue weighted by Gasteiger charge is -2.12.